The van der Waals surface area contributed by atoms with Crippen LogP contribution >= 0.6 is 0 Å². The monoisotopic (exact) mass is 232 g/mol. The highest BCUT2D eigenvalue weighted by Gasteiger charge is 2.22. The third-order valence-electron chi connectivity index (χ3n) is 3.24. The van der Waals surface area contributed by atoms with Gasteiger partial charge in [-0.05, 0) is 30.9 Å². The van der Waals surface area contributed by atoms with Gasteiger partial charge in [0.15, 0.2) is 0 Å². The van der Waals surface area contributed by atoms with Crippen molar-refractivity contribution in [2.45, 2.75) is 25.8 Å². The zero-order valence-corrected chi connectivity index (χ0v) is 10.6. The second kappa shape index (κ2) is 5.82. The van der Waals surface area contributed by atoms with E-state index in [4.69, 9.17) is 4.74 Å². The van der Waals surface area contributed by atoms with Crippen LogP contribution in [0.2, 0.25) is 0 Å². The van der Waals surface area contributed by atoms with Crippen LogP contribution in [0.4, 0.5) is 0 Å². The Balaban J connectivity index is 2.03. The van der Waals surface area contributed by atoms with E-state index in [9.17, 15) is 0 Å². The van der Waals surface area contributed by atoms with Crippen molar-refractivity contribution in [1.82, 2.24) is 5.01 Å². The van der Waals surface area contributed by atoms with E-state index in [1.807, 2.05) is 12.3 Å². The van der Waals surface area contributed by atoms with Crippen LogP contribution in [0.25, 0.3) is 0 Å². The Hall–Kier alpha value is -1.35. The minimum Gasteiger partial charge on any atom is -0.382 e. The number of hydrogen-bond donors (Lipinski definition) is 0. The van der Waals surface area contributed by atoms with Crippen LogP contribution in [0.5, 0.6) is 0 Å². The lowest BCUT2D eigenvalue weighted by Gasteiger charge is -2.20. The maximum atomic E-state index is 5.22. The first-order valence-electron chi connectivity index (χ1n) is 6.16. The second-order valence-corrected chi connectivity index (χ2v) is 4.52. The van der Waals surface area contributed by atoms with Crippen LogP contribution in [0.3, 0.4) is 0 Å². The molecule has 0 aliphatic carbocycles. The summed E-state index contributed by atoms with van der Waals surface area (Å²) in [6.07, 6.45) is 4.35. The number of methoxy groups -OCH3 is 1. The third-order valence-corrected chi connectivity index (χ3v) is 3.24. The summed E-state index contributed by atoms with van der Waals surface area (Å²) in [6.45, 7) is 3.92. The summed E-state index contributed by atoms with van der Waals surface area (Å²) in [6, 6.07) is 8.75. The van der Waals surface area contributed by atoms with Gasteiger partial charge in [0.25, 0.3) is 0 Å². The molecule has 0 spiro atoms. The molecule has 0 N–H and O–H groups in total. The van der Waals surface area contributed by atoms with Crippen molar-refractivity contribution in [2.24, 2.45) is 5.10 Å². The number of hydrazone groups is 1. The molecule has 17 heavy (non-hydrogen) atoms. The highest BCUT2D eigenvalue weighted by molar-refractivity contribution is 5.81. The molecule has 0 amide bonds. The number of nitrogens with zero attached hydrogens (tertiary/aromatic N) is 2. The van der Waals surface area contributed by atoms with Crippen molar-refractivity contribution >= 4 is 6.21 Å². The maximum Gasteiger partial charge on any atom is 0.0704 e. The van der Waals surface area contributed by atoms with E-state index in [1.165, 1.54) is 24.0 Å². The van der Waals surface area contributed by atoms with Gasteiger partial charge in [-0.2, -0.15) is 5.10 Å². The standard InChI is InChI=1S/C14H20N2O/c1-12-6-3-4-7-13(12)10-15-16-9-5-8-14(16)11-17-2/h3-4,6-7,10,14H,5,8-9,11H2,1-2H3/b15-10+/t14-/m0/s1. The Morgan fingerprint density at radius 1 is 1.47 bits per heavy atom. The van der Waals surface area contributed by atoms with E-state index in [2.05, 4.69) is 35.2 Å². The van der Waals surface area contributed by atoms with Crippen molar-refractivity contribution in [3.8, 4) is 0 Å². The molecule has 0 saturated carbocycles. The highest BCUT2D eigenvalue weighted by Crippen LogP contribution is 2.17. The second-order valence-electron chi connectivity index (χ2n) is 4.52. The average Bonchev–Trinajstić information content (AvgIpc) is 2.76. The van der Waals surface area contributed by atoms with Gasteiger partial charge in [-0.3, -0.25) is 5.01 Å². The van der Waals surface area contributed by atoms with Crippen molar-refractivity contribution in [1.29, 1.82) is 0 Å². The SMILES string of the molecule is COC[C@@H]1CCCN1/N=C/c1ccccc1C. The van der Waals surface area contributed by atoms with Gasteiger partial charge in [0.05, 0.1) is 18.9 Å². The average molecular weight is 232 g/mol. The zero-order chi connectivity index (χ0) is 12.1. The molecule has 1 aliphatic heterocycles. The fourth-order valence-corrected chi connectivity index (χ4v) is 2.20. The molecule has 3 nitrogen and oxygen atoms in total. The maximum absolute atomic E-state index is 5.22. The summed E-state index contributed by atoms with van der Waals surface area (Å²) in [7, 11) is 1.75. The summed E-state index contributed by atoms with van der Waals surface area (Å²) in [5, 5.41) is 6.73. The van der Waals surface area contributed by atoms with Crippen LogP contribution in [0, 0.1) is 6.92 Å². The Bertz CT molecular complexity index is 390. The van der Waals surface area contributed by atoms with Gasteiger partial charge < -0.3 is 4.74 Å². The lowest BCUT2D eigenvalue weighted by atomic mass is 10.1. The fraction of sp³-hybridized carbons (Fsp3) is 0.500. The van der Waals surface area contributed by atoms with Crippen molar-refractivity contribution in [3.63, 3.8) is 0 Å². The van der Waals surface area contributed by atoms with E-state index in [1.54, 1.807) is 7.11 Å². The summed E-state index contributed by atoms with van der Waals surface area (Å²) >= 11 is 0. The number of aryl methyl sites for hydroxylation is 1. The summed E-state index contributed by atoms with van der Waals surface area (Å²) in [5.74, 6) is 0. The topological polar surface area (TPSA) is 24.8 Å². The normalized spacial score (nSPS) is 20.4. The minimum absolute atomic E-state index is 0.445. The number of hydrogen-bond acceptors (Lipinski definition) is 3. The van der Waals surface area contributed by atoms with Crippen LogP contribution in [0.15, 0.2) is 29.4 Å². The Morgan fingerprint density at radius 3 is 3.06 bits per heavy atom. The lowest BCUT2D eigenvalue weighted by Crippen LogP contribution is -2.28. The molecule has 2 rings (SSSR count). The molecule has 1 fully saturated rings. The molecule has 92 valence electrons. The van der Waals surface area contributed by atoms with Crippen LogP contribution in [0.1, 0.15) is 24.0 Å². The molecule has 0 bridgehead atoms. The first-order chi connectivity index (χ1) is 8.31. The van der Waals surface area contributed by atoms with E-state index in [0.717, 1.165) is 13.2 Å². The molecule has 0 radical (unpaired) electrons. The van der Waals surface area contributed by atoms with Crippen molar-refractivity contribution < 1.29 is 4.74 Å². The Labute approximate surface area is 103 Å². The van der Waals surface area contributed by atoms with Crippen LogP contribution in [-0.4, -0.2) is 37.5 Å². The molecular weight excluding hydrogens is 212 g/mol. The lowest BCUT2D eigenvalue weighted by molar-refractivity contribution is 0.118. The van der Waals surface area contributed by atoms with Gasteiger partial charge in [0.1, 0.15) is 0 Å². The number of rotatable bonds is 4. The molecule has 1 aliphatic rings. The van der Waals surface area contributed by atoms with Gasteiger partial charge >= 0.3 is 0 Å². The third kappa shape index (κ3) is 3.07. The quantitative estimate of drug-likeness (QED) is 0.745. The Morgan fingerprint density at radius 2 is 2.29 bits per heavy atom. The summed E-state index contributed by atoms with van der Waals surface area (Å²) in [5.41, 5.74) is 2.45. The molecule has 1 aromatic carbocycles. The molecule has 0 unspecified atom stereocenters. The summed E-state index contributed by atoms with van der Waals surface area (Å²) in [4.78, 5) is 0. The predicted octanol–water partition coefficient (Wildman–Crippen LogP) is 2.44. The largest absolute Gasteiger partial charge is 0.382 e. The van der Waals surface area contributed by atoms with Gasteiger partial charge in [0.2, 0.25) is 0 Å². The molecule has 3 heteroatoms. The number of ether oxygens (including phenoxy) is 1. The van der Waals surface area contributed by atoms with E-state index in [0.29, 0.717) is 6.04 Å². The van der Waals surface area contributed by atoms with Crippen molar-refractivity contribution in [3.05, 3.63) is 35.4 Å². The number of benzene rings is 1. The molecule has 1 saturated heterocycles. The molecular formula is C14H20N2O. The Kier molecular flexibility index (Phi) is 4.15. The molecule has 1 atom stereocenters. The van der Waals surface area contributed by atoms with Crippen molar-refractivity contribution in [2.75, 3.05) is 20.3 Å². The first-order valence-corrected chi connectivity index (χ1v) is 6.16. The minimum atomic E-state index is 0.445. The van der Waals surface area contributed by atoms with Gasteiger partial charge in [-0.15, -0.1) is 0 Å². The smallest absolute Gasteiger partial charge is 0.0704 e. The fourth-order valence-electron chi connectivity index (χ4n) is 2.20. The molecule has 0 aromatic heterocycles. The van der Waals surface area contributed by atoms with Gasteiger partial charge in [0, 0.05) is 13.7 Å². The van der Waals surface area contributed by atoms with E-state index >= 15 is 0 Å². The summed E-state index contributed by atoms with van der Waals surface area (Å²) < 4.78 is 5.22. The predicted molar refractivity (Wildman–Crippen MR) is 70.4 cm³/mol. The first kappa shape index (κ1) is 12.1. The molecule has 1 aromatic rings. The van der Waals surface area contributed by atoms with Crippen LogP contribution in [-0.2, 0) is 4.74 Å². The van der Waals surface area contributed by atoms with Gasteiger partial charge in [-0.25, -0.2) is 0 Å². The molecule has 1 heterocycles. The highest BCUT2D eigenvalue weighted by atomic mass is 16.5. The van der Waals surface area contributed by atoms with E-state index < -0.39 is 0 Å². The van der Waals surface area contributed by atoms with Crippen LogP contribution < -0.4 is 0 Å². The van der Waals surface area contributed by atoms with E-state index in [-0.39, 0.29) is 0 Å². The zero-order valence-electron chi connectivity index (χ0n) is 10.6. The van der Waals surface area contributed by atoms with Gasteiger partial charge in [-0.1, -0.05) is 24.3 Å².